The predicted octanol–water partition coefficient (Wildman–Crippen LogP) is 3.87. The topological polar surface area (TPSA) is 70.2 Å². The molecule has 1 saturated heterocycles. The molecule has 25 heavy (non-hydrogen) atoms. The number of nitrogens with zero attached hydrogens (tertiary/aromatic N) is 2. The molecule has 6 nitrogen and oxygen atoms in total. The van der Waals surface area contributed by atoms with Crippen LogP contribution >= 0.6 is 0 Å². The molecule has 1 aliphatic rings. The van der Waals surface area contributed by atoms with Gasteiger partial charge in [0, 0.05) is 24.0 Å². The highest BCUT2D eigenvalue weighted by Gasteiger charge is 2.19. The lowest BCUT2D eigenvalue weighted by molar-refractivity contribution is 0.222. The summed E-state index contributed by atoms with van der Waals surface area (Å²) in [5.41, 5.74) is 2.93. The van der Waals surface area contributed by atoms with Crippen molar-refractivity contribution in [3.05, 3.63) is 42.5 Å². The van der Waals surface area contributed by atoms with Crippen molar-refractivity contribution in [1.29, 1.82) is 0 Å². The minimum atomic E-state index is -0.0836. The summed E-state index contributed by atoms with van der Waals surface area (Å²) in [6.45, 7) is 1.62. The Kier molecular flexibility index (Phi) is 4.01. The first-order valence-corrected chi connectivity index (χ1v) is 8.44. The number of para-hydroxylation sites is 1. The van der Waals surface area contributed by atoms with Gasteiger partial charge in [-0.15, -0.1) is 0 Å². The summed E-state index contributed by atoms with van der Waals surface area (Å²) in [7, 11) is 1.67. The Morgan fingerprint density at radius 3 is 2.80 bits per heavy atom. The fourth-order valence-electron chi connectivity index (χ4n) is 3.27. The number of methoxy groups -OCH3 is 1. The molecule has 128 valence electrons. The molecule has 2 N–H and O–H groups in total. The number of nitrogens with one attached hydrogen (secondary N) is 2. The van der Waals surface area contributed by atoms with Gasteiger partial charge in [0.25, 0.3) is 0 Å². The average Bonchev–Trinajstić information content (AvgIpc) is 3.31. The van der Waals surface area contributed by atoms with Crippen molar-refractivity contribution < 1.29 is 9.53 Å². The summed E-state index contributed by atoms with van der Waals surface area (Å²) < 4.78 is 5.44. The zero-order chi connectivity index (χ0) is 17.2. The van der Waals surface area contributed by atoms with Crippen LogP contribution in [0.15, 0.2) is 42.5 Å². The smallest absolute Gasteiger partial charge is 0.323 e. The molecule has 0 saturated carbocycles. The van der Waals surface area contributed by atoms with Crippen LogP contribution in [0.4, 0.5) is 10.6 Å². The monoisotopic (exact) mass is 336 g/mol. The van der Waals surface area contributed by atoms with Crippen LogP contribution in [0.1, 0.15) is 12.8 Å². The second-order valence-electron chi connectivity index (χ2n) is 6.16. The van der Waals surface area contributed by atoms with Crippen molar-refractivity contribution in [2.24, 2.45) is 0 Å². The van der Waals surface area contributed by atoms with Crippen LogP contribution in [0.25, 0.3) is 22.0 Å². The van der Waals surface area contributed by atoms with E-state index in [0.717, 1.165) is 53.7 Å². The number of hydrogen-bond acceptors (Lipinski definition) is 3. The van der Waals surface area contributed by atoms with Gasteiger partial charge in [0.15, 0.2) is 5.82 Å². The molecule has 0 bridgehead atoms. The zero-order valence-corrected chi connectivity index (χ0v) is 14.1. The first-order valence-electron chi connectivity index (χ1n) is 8.44. The molecule has 0 radical (unpaired) electrons. The normalized spacial score (nSPS) is 14.0. The lowest BCUT2D eigenvalue weighted by Crippen LogP contribution is -2.32. The summed E-state index contributed by atoms with van der Waals surface area (Å²) in [5, 5.41) is 11.1. The second-order valence-corrected chi connectivity index (χ2v) is 6.16. The quantitative estimate of drug-likeness (QED) is 0.763. The maximum Gasteiger partial charge on any atom is 0.323 e. The van der Waals surface area contributed by atoms with E-state index in [9.17, 15) is 4.79 Å². The highest BCUT2D eigenvalue weighted by Crippen LogP contribution is 2.32. The van der Waals surface area contributed by atoms with Crippen molar-refractivity contribution in [1.82, 2.24) is 15.1 Å². The van der Waals surface area contributed by atoms with Crippen LogP contribution in [0.3, 0.4) is 0 Å². The summed E-state index contributed by atoms with van der Waals surface area (Å²) in [5.74, 6) is 1.39. The predicted molar refractivity (Wildman–Crippen MR) is 97.9 cm³/mol. The number of aromatic amines is 1. The lowest BCUT2D eigenvalue weighted by Gasteiger charge is -2.15. The van der Waals surface area contributed by atoms with Crippen LogP contribution in [-0.2, 0) is 0 Å². The number of urea groups is 1. The SMILES string of the molecule is COc1ccccc1-c1ccc2c(NC(=O)N3CCCC3)n[nH]c2c1. The van der Waals surface area contributed by atoms with Gasteiger partial charge < -0.3 is 9.64 Å². The Balaban J connectivity index is 1.64. The number of anilines is 1. The van der Waals surface area contributed by atoms with Gasteiger partial charge in [-0.2, -0.15) is 5.10 Å². The van der Waals surface area contributed by atoms with E-state index in [1.54, 1.807) is 7.11 Å². The second kappa shape index (κ2) is 6.47. The van der Waals surface area contributed by atoms with Gasteiger partial charge in [-0.05, 0) is 36.6 Å². The van der Waals surface area contributed by atoms with Gasteiger partial charge in [0.2, 0.25) is 0 Å². The number of amides is 2. The van der Waals surface area contributed by atoms with E-state index in [-0.39, 0.29) is 6.03 Å². The van der Waals surface area contributed by atoms with Gasteiger partial charge in [0.05, 0.1) is 12.6 Å². The number of H-pyrrole nitrogens is 1. The number of fused-ring (bicyclic) bond motifs is 1. The van der Waals surface area contributed by atoms with E-state index in [2.05, 4.69) is 15.5 Å². The molecule has 0 unspecified atom stereocenters. The Labute approximate surface area is 145 Å². The molecule has 0 aliphatic carbocycles. The van der Waals surface area contributed by atoms with Crippen LogP contribution in [0, 0.1) is 0 Å². The fraction of sp³-hybridized carbons (Fsp3) is 0.263. The molecule has 2 amide bonds. The minimum Gasteiger partial charge on any atom is -0.496 e. The van der Waals surface area contributed by atoms with Gasteiger partial charge in [0.1, 0.15) is 5.75 Å². The molecule has 2 heterocycles. The molecule has 0 spiro atoms. The van der Waals surface area contributed by atoms with E-state index in [4.69, 9.17) is 4.74 Å². The van der Waals surface area contributed by atoms with Crippen LogP contribution in [-0.4, -0.2) is 41.3 Å². The number of aromatic nitrogens is 2. The van der Waals surface area contributed by atoms with E-state index in [1.165, 1.54) is 0 Å². The largest absolute Gasteiger partial charge is 0.496 e. The fourth-order valence-corrected chi connectivity index (χ4v) is 3.27. The molecule has 1 fully saturated rings. The van der Waals surface area contributed by atoms with E-state index in [1.807, 2.05) is 47.4 Å². The molecule has 3 aromatic rings. The van der Waals surface area contributed by atoms with Gasteiger partial charge in [-0.25, -0.2) is 4.79 Å². The summed E-state index contributed by atoms with van der Waals surface area (Å²) >= 11 is 0. The van der Waals surface area contributed by atoms with Crippen molar-refractivity contribution in [2.75, 3.05) is 25.5 Å². The standard InChI is InChI=1S/C19H20N4O2/c1-25-17-7-3-2-6-14(17)13-8-9-15-16(12-13)21-22-18(15)20-19(24)23-10-4-5-11-23/h2-3,6-9,12H,4-5,10-11H2,1H3,(H2,20,21,22,24). The molecule has 1 aromatic heterocycles. The van der Waals surface area contributed by atoms with Gasteiger partial charge >= 0.3 is 6.03 Å². The molecule has 4 rings (SSSR count). The average molecular weight is 336 g/mol. The highest BCUT2D eigenvalue weighted by atomic mass is 16.5. The molecular formula is C19H20N4O2. The van der Waals surface area contributed by atoms with Gasteiger partial charge in [-0.1, -0.05) is 24.3 Å². The van der Waals surface area contributed by atoms with Crippen LogP contribution in [0.5, 0.6) is 5.75 Å². The highest BCUT2D eigenvalue weighted by molar-refractivity contribution is 6.00. The first-order chi connectivity index (χ1) is 12.3. The third-order valence-corrected chi connectivity index (χ3v) is 4.60. The number of hydrogen-bond donors (Lipinski definition) is 2. The maximum atomic E-state index is 12.3. The summed E-state index contributed by atoms with van der Waals surface area (Å²) in [6.07, 6.45) is 2.13. The van der Waals surface area contributed by atoms with E-state index in [0.29, 0.717) is 5.82 Å². The zero-order valence-electron chi connectivity index (χ0n) is 14.1. The number of rotatable bonds is 3. The molecule has 1 aliphatic heterocycles. The Bertz CT molecular complexity index is 913. The molecule has 2 aromatic carbocycles. The lowest BCUT2D eigenvalue weighted by atomic mass is 10.0. The minimum absolute atomic E-state index is 0.0836. The van der Waals surface area contributed by atoms with Crippen LogP contribution in [0.2, 0.25) is 0 Å². The van der Waals surface area contributed by atoms with Crippen molar-refractivity contribution >= 4 is 22.8 Å². The summed E-state index contributed by atoms with van der Waals surface area (Å²) in [6, 6.07) is 13.8. The Morgan fingerprint density at radius 2 is 2.00 bits per heavy atom. The number of benzene rings is 2. The number of carbonyl (C=O) groups is 1. The van der Waals surface area contributed by atoms with Crippen molar-refractivity contribution in [3.63, 3.8) is 0 Å². The number of likely N-dealkylation sites (tertiary alicyclic amines) is 1. The van der Waals surface area contributed by atoms with Crippen molar-refractivity contribution in [3.8, 4) is 16.9 Å². The van der Waals surface area contributed by atoms with E-state index < -0.39 is 0 Å². The number of ether oxygens (including phenoxy) is 1. The van der Waals surface area contributed by atoms with E-state index >= 15 is 0 Å². The Morgan fingerprint density at radius 1 is 1.20 bits per heavy atom. The van der Waals surface area contributed by atoms with Crippen molar-refractivity contribution in [2.45, 2.75) is 12.8 Å². The Hall–Kier alpha value is -3.02. The molecular weight excluding hydrogens is 316 g/mol. The third-order valence-electron chi connectivity index (χ3n) is 4.60. The summed E-state index contributed by atoms with van der Waals surface area (Å²) in [4.78, 5) is 14.1. The molecule has 6 heteroatoms. The van der Waals surface area contributed by atoms with Crippen LogP contribution < -0.4 is 10.1 Å². The number of carbonyl (C=O) groups excluding carboxylic acids is 1. The molecule has 0 atom stereocenters. The maximum absolute atomic E-state index is 12.3. The third kappa shape index (κ3) is 2.91. The first kappa shape index (κ1) is 15.5. The van der Waals surface area contributed by atoms with Gasteiger partial charge in [-0.3, -0.25) is 10.4 Å².